The predicted molar refractivity (Wildman–Crippen MR) is 85.6 cm³/mol. The van der Waals surface area contributed by atoms with Crippen LogP contribution in [0.4, 0.5) is 0 Å². The molecule has 116 valence electrons. The third kappa shape index (κ3) is 1.81. The number of halogens is 1. The molecule has 4 nitrogen and oxygen atoms in total. The van der Waals surface area contributed by atoms with Crippen LogP contribution in [0, 0.1) is 35.5 Å². The Bertz CT molecular complexity index is 734. The van der Waals surface area contributed by atoms with E-state index in [1.165, 1.54) is 6.42 Å². The molecule has 6 atom stereocenters. The fraction of sp³-hybridized carbons (Fsp3) is 0.389. The summed E-state index contributed by atoms with van der Waals surface area (Å²) in [5, 5.41) is 5.93. The Morgan fingerprint density at radius 1 is 1.00 bits per heavy atom. The lowest BCUT2D eigenvalue weighted by atomic mass is 9.63. The Kier molecular flexibility index (Phi) is 2.66. The molecular formula is C18H15ClN2O2. The summed E-state index contributed by atoms with van der Waals surface area (Å²) in [7, 11) is 0. The van der Waals surface area contributed by atoms with Crippen molar-refractivity contribution in [2.45, 2.75) is 6.42 Å². The number of hydrogen-bond donors (Lipinski definition) is 0. The van der Waals surface area contributed by atoms with Crippen LogP contribution in [-0.4, -0.2) is 23.0 Å². The molecule has 1 aliphatic heterocycles. The molecule has 1 aromatic rings. The maximum Gasteiger partial charge on any atom is 0.254 e. The van der Waals surface area contributed by atoms with Crippen molar-refractivity contribution in [2.24, 2.45) is 40.6 Å². The highest BCUT2D eigenvalue weighted by molar-refractivity contribution is 6.30. The van der Waals surface area contributed by atoms with Crippen molar-refractivity contribution >= 4 is 29.6 Å². The van der Waals surface area contributed by atoms with Crippen LogP contribution in [0.5, 0.6) is 0 Å². The molecule has 2 amide bonds. The predicted octanol–water partition coefficient (Wildman–Crippen LogP) is 2.73. The maximum absolute atomic E-state index is 12.7. The Hall–Kier alpha value is -1.94. The number of imide groups is 1. The Morgan fingerprint density at radius 2 is 1.57 bits per heavy atom. The van der Waals surface area contributed by atoms with E-state index in [1.54, 1.807) is 18.3 Å². The van der Waals surface area contributed by atoms with E-state index in [0.717, 1.165) is 10.6 Å². The number of benzene rings is 1. The molecule has 5 aliphatic rings. The molecule has 6 rings (SSSR count). The molecular weight excluding hydrogens is 312 g/mol. The zero-order valence-corrected chi connectivity index (χ0v) is 13.1. The largest absolute Gasteiger partial charge is 0.272 e. The fourth-order valence-electron chi connectivity index (χ4n) is 4.73. The van der Waals surface area contributed by atoms with E-state index >= 15 is 0 Å². The van der Waals surface area contributed by atoms with Gasteiger partial charge in [-0.2, -0.15) is 10.1 Å². The first kappa shape index (κ1) is 13.5. The third-order valence-electron chi connectivity index (χ3n) is 5.83. The molecule has 3 fully saturated rings. The van der Waals surface area contributed by atoms with E-state index in [-0.39, 0.29) is 35.5 Å². The molecule has 0 spiro atoms. The second-order valence-corrected chi connectivity index (χ2v) is 7.38. The van der Waals surface area contributed by atoms with E-state index in [4.69, 9.17) is 11.6 Å². The van der Waals surface area contributed by atoms with Gasteiger partial charge in [-0.3, -0.25) is 9.59 Å². The molecule has 4 aliphatic carbocycles. The number of hydrazone groups is 1. The van der Waals surface area contributed by atoms with Gasteiger partial charge in [-0.05, 0) is 47.8 Å². The molecule has 0 N–H and O–H groups in total. The van der Waals surface area contributed by atoms with Crippen molar-refractivity contribution in [2.75, 3.05) is 0 Å². The lowest BCUT2D eigenvalue weighted by molar-refractivity contribution is -0.140. The number of rotatable bonds is 2. The van der Waals surface area contributed by atoms with E-state index in [1.807, 2.05) is 12.1 Å². The first-order valence-corrected chi connectivity index (χ1v) is 8.38. The van der Waals surface area contributed by atoms with Crippen LogP contribution in [0.15, 0.2) is 41.5 Å². The van der Waals surface area contributed by atoms with Gasteiger partial charge in [0.05, 0.1) is 18.1 Å². The molecule has 1 heterocycles. The Labute approximate surface area is 138 Å². The molecule has 2 bridgehead atoms. The summed E-state index contributed by atoms with van der Waals surface area (Å²) in [6.07, 6.45) is 7.05. The summed E-state index contributed by atoms with van der Waals surface area (Å²) in [5.74, 6) is 1.06. The SMILES string of the molecule is O=C1[C@@H]2[C@@H]3C=C[C@H]([C@H]4C[C@@H]34)[C@@H]2C(=O)N1/N=C\c1ccc(Cl)cc1. The van der Waals surface area contributed by atoms with Crippen molar-refractivity contribution < 1.29 is 9.59 Å². The van der Waals surface area contributed by atoms with Crippen molar-refractivity contribution in [3.8, 4) is 0 Å². The third-order valence-corrected chi connectivity index (χ3v) is 6.08. The quantitative estimate of drug-likeness (QED) is 0.476. The molecule has 5 heteroatoms. The summed E-state index contributed by atoms with van der Waals surface area (Å²) < 4.78 is 0. The average Bonchev–Trinajstić information content (AvgIpc) is 3.33. The monoisotopic (exact) mass is 326 g/mol. The molecule has 23 heavy (non-hydrogen) atoms. The normalized spacial score (nSPS) is 40.0. The number of amides is 2. The molecule has 2 saturated carbocycles. The van der Waals surface area contributed by atoms with E-state index in [2.05, 4.69) is 17.3 Å². The number of carbonyl (C=O) groups excluding carboxylic acids is 2. The number of allylic oxidation sites excluding steroid dienone is 2. The van der Waals surface area contributed by atoms with Gasteiger partial charge in [0, 0.05) is 5.02 Å². The van der Waals surface area contributed by atoms with Crippen molar-refractivity contribution in [1.29, 1.82) is 0 Å². The van der Waals surface area contributed by atoms with Gasteiger partial charge in [-0.1, -0.05) is 35.9 Å². The van der Waals surface area contributed by atoms with Gasteiger partial charge in [0.25, 0.3) is 11.8 Å². The second-order valence-electron chi connectivity index (χ2n) is 6.94. The minimum Gasteiger partial charge on any atom is -0.272 e. The average molecular weight is 327 g/mol. The molecule has 0 aromatic heterocycles. The highest BCUT2D eigenvalue weighted by Crippen LogP contribution is 2.65. The topological polar surface area (TPSA) is 49.7 Å². The number of nitrogens with zero attached hydrogens (tertiary/aromatic N) is 2. The highest BCUT2D eigenvalue weighted by atomic mass is 35.5. The maximum atomic E-state index is 12.7. The minimum absolute atomic E-state index is 0.130. The van der Waals surface area contributed by atoms with Crippen LogP contribution in [-0.2, 0) is 9.59 Å². The minimum atomic E-state index is -0.191. The standard InChI is InChI=1S/C18H15ClN2O2/c19-10-3-1-9(2-4-10)8-20-21-17(22)15-11-5-6-12(14-7-13(11)14)16(15)18(21)23/h1-6,8,11-16H,7H2/b20-8-/t11-,12-,13-,14+,15+,16-/m1/s1. The van der Waals surface area contributed by atoms with Crippen molar-refractivity contribution in [1.82, 2.24) is 5.01 Å². The van der Waals surface area contributed by atoms with Crippen molar-refractivity contribution in [3.63, 3.8) is 0 Å². The molecule has 1 aromatic carbocycles. The van der Waals surface area contributed by atoms with Gasteiger partial charge >= 0.3 is 0 Å². The van der Waals surface area contributed by atoms with Crippen LogP contribution in [0.3, 0.4) is 0 Å². The smallest absolute Gasteiger partial charge is 0.254 e. The summed E-state index contributed by atoms with van der Waals surface area (Å²) in [5.41, 5.74) is 0.814. The van der Waals surface area contributed by atoms with Gasteiger partial charge < -0.3 is 0 Å². The van der Waals surface area contributed by atoms with Gasteiger partial charge in [0.15, 0.2) is 0 Å². The number of hydrogen-bond acceptors (Lipinski definition) is 3. The van der Waals surface area contributed by atoms with Crippen LogP contribution >= 0.6 is 11.6 Å². The second kappa shape index (κ2) is 4.54. The summed E-state index contributed by atoms with van der Waals surface area (Å²) >= 11 is 5.85. The summed E-state index contributed by atoms with van der Waals surface area (Å²) in [4.78, 5) is 25.4. The van der Waals surface area contributed by atoms with Crippen LogP contribution in [0.2, 0.25) is 5.02 Å². The van der Waals surface area contributed by atoms with Gasteiger partial charge in [-0.25, -0.2) is 0 Å². The van der Waals surface area contributed by atoms with Gasteiger partial charge in [-0.15, -0.1) is 0 Å². The van der Waals surface area contributed by atoms with Crippen LogP contribution < -0.4 is 0 Å². The van der Waals surface area contributed by atoms with Crippen LogP contribution in [0.1, 0.15) is 12.0 Å². The number of carbonyl (C=O) groups is 2. The van der Waals surface area contributed by atoms with Crippen molar-refractivity contribution in [3.05, 3.63) is 47.0 Å². The van der Waals surface area contributed by atoms with Gasteiger partial charge in [0.1, 0.15) is 0 Å². The first-order chi connectivity index (χ1) is 11.1. The summed E-state index contributed by atoms with van der Waals surface area (Å²) in [6.45, 7) is 0. The Morgan fingerprint density at radius 3 is 2.13 bits per heavy atom. The summed E-state index contributed by atoms with van der Waals surface area (Å²) in [6, 6.07) is 7.14. The molecule has 1 saturated heterocycles. The molecule has 0 unspecified atom stereocenters. The highest BCUT2D eigenvalue weighted by Gasteiger charge is 2.67. The van der Waals surface area contributed by atoms with Gasteiger partial charge in [0.2, 0.25) is 0 Å². The van der Waals surface area contributed by atoms with E-state index in [9.17, 15) is 9.59 Å². The Balaban J connectivity index is 1.44. The molecule has 0 radical (unpaired) electrons. The zero-order valence-electron chi connectivity index (χ0n) is 12.3. The van der Waals surface area contributed by atoms with Crippen LogP contribution in [0.25, 0.3) is 0 Å². The van der Waals surface area contributed by atoms with E-state index < -0.39 is 0 Å². The van der Waals surface area contributed by atoms with E-state index in [0.29, 0.717) is 16.9 Å². The lowest BCUT2D eigenvalue weighted by Crippen LogP contribution is -2.40. The fourth-order valence-corrected chi connectivity index (χ4v) is 4.85. The lowest BCUT2D eigenvalue weighted by Gasteiger charge is -2.37. The zero-order chi connectivity index (χ0) is 15.7. The first-order valence-electron chi connectivity index (χ1n) is 8.01.